The van der Waals surface area contributed by atoms with Gasteiger partial charge in [0.2, 0.25) is 0 Å². The van der Waals surface area contributed by atoms with Gasteiger partial charge in [-0.1, -0.05) is 18.5 Å². The number of piperidine rings is 1. The maximum absolute atomic E-state index is 6.40. The largest absolute Gasteiger partial charge is 0.490 e. The molecule has 0 saturated carbocycles. The third-order valence-electron chi connectivity index (χ3n) is 3.86. The van der Waals surface area contributed by atoms with Crippen LogP contribution in [0.25, 0.3) is 0 Å². The zero-order chi connectivity index (χ0) is 15.9. The molecule has 1 saturated heterocycles. The average molecular weight is 327 g/mol. The summed E-state index contributed by atoms with van der Waals surface area (Å²) in [5.41, 5.74) is 7.12. The molecule has 0 aromatic heterocycles. The summed E-state index contributed by atoms with van der Waals surface area (Å²) in [4.78, 5) is 2.41. The monoisotopic (exact) mass is 326 g/mol. The molecule has 1 aromatic carbocycles. The molecule has 1 fully saturated rings. The smallest absolute Gasteiger partial charge is 0.179 e. The lowest BCUT2D eigenvalue weighted by Gasteiger charge is -2.30. The van der Waals surface area contributed by atoms with Gasteiger partial charge in [-0.2, -0.15) is 0 Å². The summed E-state index contributed by atoms with van der Waals surface area (Å²) >= 11 is 6.40. The van der Waals surface area contributed by atoms with Crippen LogP contribution in [0.3, 0.4) is 0 Å². The molecule has 124 valence electrons. The van der Waals surface area contributed by atoms with Crippen LogP contribution in [0.5, 0.6) is 11.5 Å². The maximum Gasteiger partial charge on any atom is 0.179 e. The highest BCUT2D eigenvalue weighted by Gasteiger charge is 2.18. The van der Waals surface area contributed by atoms with Crippen LogP contribution in [0, 0.1) is 0 Å². The van der Waals surface area contributed by atoms with Gasteiger partial charge in [0, 0.05) is 12.6 Å². The average Bonchev–Trinajstić information content (AvgIpc) is 2.49. The fourth-order valence-electron chi connectivity index (χ4n) is 2.69. The first kappa shape index (κ1) is 17.4. The van der Waals surface area contributed by atoms with E-state index >= 15 is 0 Å². The van der Waals surface area contributed by atoms with E-state index in [-0.39, 0.29) is 0 Å². The Hall–Kier alpha value is -0.970. The molecular weight excluding hydrogens is 300 g/mol. The Morgan fingerprint density at radius 2 is 1.95 bits per heavy atom. The molecule has 0 aliphatic carbocycles. The van der Waals surface area contributed by atoms with E-state index in [1.807, 2.05) is 13.0 Å². The number of hydrogen-bond acceptors (Lipinski definition) is 4. The highest BCUT2D eigenvalue weighted by molar-refractivity contribution is 6.32. The van der Waals surface area contributed by atoms with Crippen LogP contribution in [0.1, 0.15) is 38.7 Å². The summed E-state index contributed by atoms with van der Waals surface area (Å²) in [5.74, 6) is 1.40. The Bertz CT molecular complexity index is 474. The lowest BCUT2D eigenvalue weighted by Crippen LogP contribution is -2.39. The Kier molecular flexibility index (Phi) is 6.80. The van der Waals surface area contributed by atoms with Crippen molar-refractivity contribution in [2.75, 3.05) is 26.3 Å². The van der Waals surface area contributed by atoms with E-state index in [0.29, 0.717) is 30.0 Å². The molecule has 0 spiro atoms. The Balaban J connectivity index is 2.11. The van der Waals surface area contributed by atoms with Gasteiger partial charge in [-0.05, 0) is 57.0 Å². The number of ether oxygens (including phenoxy) is 2. The molecule has 0 amide bonds. The standard InChI is InChI=1S/C17H27ClN2O2/c1-3-9-22-17-15(18)10-13(11-16(17)21-4-2)12-20-7-5-14(19)6-8-20/h10-11,14H,3-9,12,19H2,1-2H3. The normalized spacial score (nSPS) is 16.7. The van der Waals surface area contributed by atoms with Gasteiger partial charge in [0.1, 0.15) is 0 Å². The van der Waals surface area contributed by atoms with Crippen LogP contribution in [-0.2, 0) is 6.54 Å². The van der Waals surface area contributed by atoms with Crippen LogP contribution >= 0.6 is 11.6 Å². The molecule has 2 N–H and O–H groups in total. The fourth-order valence-corrected chi connectivity index (χ4v) is 2.98. The zero-order valence-electron chi connectivity index (χ0n) is 13.6. The van der Waals surface area contributed by atoms with Crippen LogP contribution in [-0.4, -0.2) is 37.2 Å². The number of benzene rings is 1. The summed E-state index contributed by atoms with van der Waals surface area (Å²) in [6.07, 6.45) is 3.06. The van der Waals surface area contributed by atoms with Crippen LogP contribution in [0.2, 0.25) is 5.02 Å². The molecular formula is C17H27ClN2O2. The Labute approximate surface area is 138 Å². The predicted molar refractivity (Wildman–Crippen MR) is 90.9 cm³/mol. The van der Waals surface area contributed by atoms with Crippen molar-refractivity contribution in [2.45, 2.75) is 45.7 Å². The minimum Gasteiger partial charge on any atom is -0.490 e. The predicted octanol–water partition coefficient (Wildman–Crippen LogP) is 3.45. The van der Waals surface area contributed by atoms with Crippen molar-refractivity contribution in [1.29, 1.82) is 0 Å². The summed E-state index contributed by atoms with van der Waals surface area (Å²) < 4.78 is 11.5. The molecule has 22 heavy (non-hydrogen) atoms. The Morgan fingerprint density at radius 3 is 2.59 bits per heavy atom. The molecule has 1 aliphatic rings. The molecule has 5 heteroatoms. The van der Waals surface area contributed by atoms with Gasteiger partial charge < -0.3 is 15.2 Å². The van der Waals surface area contributed by atoms with Gasteiger partial charge in [-0.3, -0.25) is 4.90 Å². The van der Waals surface area contributed by atoms with Crippen LogP contribution in [0.4, 0.5) is 0 Å². The van der Waals surface area contributed by atoms with E-state index in [1.165, 1.54) is 0 Å². The van der Waals surface area contributed by atoms with Gasteiger partial charge in [-0.15, -0.1) is 0 Å². The second-order valence-electron chi connectivity index (χ2n) is 5.80. The lowest BCUT2D eigenvalue weighted by molar-refractivity contribution is 0.205. The highest BCUT2D eigenvalue weighted by atomic mass is 35.5. The van der Waals surface area contributed by atoms with Gasteiger partial charge >= 0.3 is 0 Å². The number of halogens is 1. The maximum atomic E-state index is 6.40. The number of likely N-dealkylation sites (tertiary alicyclic amines) is 1. The van der Waals surface area contributed by atoms with Crippen molar-refractivity contribution < 1.29 is 9.47 Å². The molecule has 0 atom stereocenters. The minimum absolute atomic E-state index is 0.351. The second-order valence-corrected chi connectivity index (χ2v) is 6.21. The van der Waals surface area contributed by atoms with Crippen molar-refractivity contribution in [1.82, 2.24) is 4.90 Å². The lowest BCUT2D eigenvalue weighted by atomic mass is 10.1. The van der Waals surface area contributed by atoms with Gasteiger partial charge in [0.05, 0.1) is 18.2 Å². The third kappa shape index (κ3) is 4.77. The van der Waals surface area contributed by atoms with Crippen molar-refractivity contribution in [3.63, 3.8) is 0 Å². The fraction of sp³-hybridized carbons (Fsp3) is 0.647. The van der Waals surface area contributed by atoms with Crippen molar-refractivity contribution in [3.05, 3.63) is 22.7 Å². The number of nitrogens with two attached hydrogens (primary N) is 1. The van der Waals surface area contributed by atoms with Gasteiger partial charge in [0.25, 0.3) is 0 Å². The summed E-state index contributed by atoms with van der Waals surface area (Å²) in [7, 11) is 0. The molecule has 1 heterocycles. The molecule has 4 nitrogen and oxygen atoms in total. The van der Waals surface area contributed by atoms with E-state index < -0.39 is 0 Å². The van der Waals surface area contributed by atoms with Crippen molar-refractivity contribution in [3.8, 4) is 11.5 Å². The highest BCUT2D eigenvalue weighted by Crippen LogP contribution is 2.37. The van der Waals surface area contributed by atoms with Crippen LogP contribution < -0.4 is 15.2 Å². The van der Waals surface area contributed by atoms with Gasteiger partial charge in [-0.25, -0.2) is 0 Å². The van der Waals surface area contributed by atoms with E-state index in [2.05, 4.69) is 17.9 Å². The summed E-state index contributed by atoms with van der Waals surface area (Å²) in [6.45, 7) is 8.23. The molecule has 2 rings (SSSR count). The summed E-state index contributed by atoms with van der Waals surface area (Å²) in [6, 6.07) is 4.39. The van der Waals surface area contributed by atoms with Gasteiger partial charge in [0.15, 0.2) is 11.5 Å². The first-order valence-corrected chi connectivity index (χ1v) is 8.57. The minimum atomic E-state index is 0.351. The van der Waals surface area contributed by atoms with E-state index in [0.717, 1.165) is 50.2 Å². The molecule has 0 radical (unpaired) electrons. The second kappa shape index (κ2) is 8.61. The Morgan fingerprint density at radius 1 is 1.23 bits per heavy atom. The third-order valence-corrected chi connectivity index (χ3v) is 4.14. The van der Waals surface area contributed by atoms with E-state index in [4.69, 9.17) is 26.8 Å². The first-order chi connectivity index (χ1) is 10.6. The van der Waals surface area contributed by atoms with Crippen molar-refractivity contribution >= 4 is 11.6 Å². The molecule has 0 bridgehead atoms. The quantitative estimate of drug-likeness (QED) is 0.833. The zero-order valence-corrected chi connectivity index (χ0v) is 14.4. The topological polar surface area (TPSA) is 47.7 Å². The number of hydrogen-bond donors (Lipinski definition) is 1. The summed E-state index contributed by atoms with van der Waals surface area (Å²) in [5, 5.41) is 0.628. The first-order valence-electron chi connectivity index (χ1n) is 8.20. The number of rotatable bonds is 7. The van der Waals surface area contributed by atoms with Crippen LogP contribution in [0.15, 0.2) is 12.1 Å². The molecule has 1 aliphatic heterocycles. The van der Waals surface area contributed by atoms with E-state index in [1.54, 1.807) is 0 Å². The van der Waals surface area contributed by atoms with Crippen molar-refractivity contribution in [2.24, 2.45) is 5.73 Å². The number of nitrogens with zero attached hydrogens (tertiary/aromatic N) is 1. The molecule has 0 unspecified atom stereocenters. The molecule has 1 aromatic rings. The SMILES string of the molecule is CCCOc1c(Cl)cc(CN2CCC(N)CC2)cc1OCC. The van der Waals surface area contributed by atoms with E-state index in [9.17, 15) is 0 Å².